The molecule has 29 heavy (non-hydrogen) atoms. The fraction of sp³-hybridized carbons (Fsp3) is 0.0476. The smallest absolute Gasteiger partial charge is 0.236 e. The molecule has 2 aromatic heterocycles. The quantitative estimate of drug-likeness (QED) is 0.413. The third-order valence-electron chi connectivity index (χ3n) is 4.03. The second kappa shape index (κ2) is 9.02. The molecule has 0 saturated carbocycles. The van der Waals surface area contributed by atoms with Gasteiger partial charge in [-0.3, -0.25) is 9.36 Å². The van der Waals surface area contributed by atoms with Crippen molar-refractivity contribution in [2.24, 2.45) is 0 Å². The lowest BCUT2D eigenvalue weighted by molar-refractivity contribution is -0.113. The Morgan fingerprint density at radius 1 is 0.966 bits per heavy atom. The lowest BCUT2D eigenvalue weighted by Crippen LogP contribution is -2.15. The highest BCUT2D eigenvalue weighted by Gasteiger charge is 2.18. The molecule has 0 aliphatic rings. The van der Waals surface area contributed by atoms with Crippen LogP contribution < -0.4 is 5.32 Å². The summed E-state index contributed by atoms with van der Waals surface area (Å²) in [5, 5.41) is 12.2. The Morgan fingerprint density at radius 2 is 1.72 bits per heavy atom. The van der Waals surface area contributed by atoms with Crippen molar-refractivity contribution in [1.29, 1.82) is 0 Å². The normalized spacial score (nSPS) is 10.7. The first-order valence-corrected chi connectivity index (χ1v) is 10.6. The van der Waals surface area contributed by atoms with Gasteiger partial charge in [-0.2, -0.15) is 0 Å². The molecule has 0 bridgehead atoms. The zero-order chi connectivity index (χ0) is 20.1. The number of halogens is 1. The highest BCUT2D eigenvalue weighted by atomic mass is 79.9. The van der Waals surface area contributed by atoms with E-state index in [1.807, 2.05) is 65.2 Å². The summed E-state index contributed by atoms with van der Waals surface area (Å²) >= 11 is 4.91. The van der Waals surface area contributed by atoms with Gasteiger partial charge in [0.05, 0.1) is 5.75 Å². The summed E-state index contributed by atoms with van der Waals surface area (Å²) in [5.41, 5.74) is 1.85. The number of aromatic nitrogens is 4. The molecule has 4 aromatic rings. The van der Waals surface area contributed by atoms with Gasteiger partial charge in [0.25, 0.3) is 0 Å². The number of rotatable bonds is 6. The summed E-state index contributed by atoms with van der Waals surface area (Å²) in [6, 6.07) is 23.1. The zero-order valence-electron chi connectivity index (χ0n) is 15.2. The summed E-state index contributed by atoms with van der Waals surface area (Å²) in [4.78, 5) is 16.4. The molecule has 0 aliphatic carbocycles. The average Bonchev–Trinajstić information content (AvgIpc) is 3.18. The van der Waals surface area contributed by atoms with Crippen LogP contribution in [0, 0.1) is 0 Å². The van der Waals surface area contributed by atoms with Gasteiger partial charge in [0.15, 0.2) is 11.0 Å². The molecule has 8 heteroatoms. The van der Waals surface area contributed by atoms with E-state index in [1.54, 1.807) is 18.3 Å². The number of nitrogens with zero attached hydrogens (tertiary/aromatic N) is 4. The second-order valence-corrected chi connectivity index (χ2v) is 7.81. The Balaban J connectivity index is 1.62. The first-order valence-electron chi connectivity index (χ1n) is 8.82. The fourth-order valence-corrected chi connectivity index (χ4v) is 3.95. The van der Waals surface area contributed by atoms with E-state index in [0.717, 1.165) is 15.7 Å². The van der Waals surface area contributed by atoms with E-state index < -0.39 is 0 Å². The Morgan fingerprint density at radius 3 is 2.48 bits per heavy atom. The highest BCUT2D eigenvalue weighted by molar-refractivity contribution is 9.10. The Bertz CT molecular complexity index is 1120. The maximum Gasteiger partial charge on any atom is 0.236 e. The van der Waals surface area contributed by atoms with E-state index in [-0.39, 0.29) is 11.7 Å². The van der Waals surface area contributed by atoms with Gasteiger partial charge in [-0.15, -0.1) is 10.2 Å². The number of para-hydroxylation sites is 1. The summed E-state index contributed by atoms with van der Waals surface area (Å²) in [6.45, 7) is 0. The van der Waals surface area contributed by atoms with E-state index >= 15 is 0 Å². The van der Waals surface area contributed by atoms with E-state index in [1.165, 1.54) is 11.8 Å². The van der Waals surface area contributed by atoms with Crippen LogP contribution in [0.5, 0.6) is 0 Å². The van der Waals surface area contributed by atoms with Crippen molar-refractivity contribution in [3.8, 4) is 17.1 Å². The number of pyridine rings is 1. The molecule has 0 atom stereocenters. The van der Waals surface area contributed by atoms with Crippen LogP contribution in [0.25, 0.3) is 17.1 Å². The fourth-order valence-electron chi connectivity index (χ4n) is 2.74. The monoisotopic (exact) mass is 465 g/mol. The van der Waals surface area contributed by atoms with Crippen LogP contribution in [-0.4, -0.2) is 31.4 Å². The Labute approximate surface area is 180 Å². The van der Waals surface area contributed by atoms with Gasteiger partial charge in [-0.25, -0.2) is 4.98 Å². The summed E-state index contributed by atoms with van der Waals surface area (Å²) < 4.78 is 2.88. The maximum atomic E-state index is 12.3. The van der Waals surface area contributed by atoms with Crippen LogP contribution in [0.4, 0.5) is 5.82 Å². The van der Waals surface area contributed by atoms with Crippen LogP contribution in [0.1, 0.15) is 0 Å². The molecule has 6 nitrogen and oxygen atoms in total. The number of benzene rings is 2. The van der Waals surface area contributed by atoms with Crippen LogP contribution in [0.2, 0.25) is 0 Å². The molecule has 1 amide bonds. The van der Waals surface area contributed by atoms with Gasteiger partial charge in [0, 0.05) is 21.9 Å². The van der Waals surface area contributed by atoms with Gasteiger partial charge in [0.2, 0.25) is 5.91 Å². The van der Waals surface area contributed by atoms with Crippen LogP contribution >= 0.6 is 27.7 Å². The molecule has 0 spiro atoms. The number of amides is 1. The number of hydrogen-bond acceptors (Lipinski definition) is 5. The Kier molecular flexibility index (Phi) is 6.02. The highest BCUT2D eigenvalue weighted by Crippen LogP contribution is 2.32. The molecule has 0 radical (unpaired) electrons. The van der Waals surface area contributed by atoms with Crippen LogP contribution in [0.3, 0.4) is 0 Å². The van der Waals surface area contributed by atoms with Crippen molar-refractivity contribution in [2.75, 3.05) is 11.1 Å². The van der Waals surface area contributed by atoms with Gasteiger partial charge < -0.3 is 5.32 Å². The second-order valence-electron chi connectivity index (χ2n) is 6.01. The molecular weight excluding hydrogens is 450 g/mol. The molecule has 144 valence electrons. The standard InChI is InChI=1S/C21H16BrN5OS/c22-17-11-5-4-10-16(17)20-25-26-21(27(20)15-8-2-1-3-9-15)29-14-19(28)24-18-12-6-7-13-23-18/h1-13H,14H2,(H,23,24,28). The van der Waals surface area contributed by atoms with E-state index in [2.05, 4.69) is 36.4 Å². The van der Waals surface area contributed by atoms with Crippen molar-refractivity contribution in [3.63, 3.8) is 0 Å². The molecule has 0 fully saturated rings. The summed E-state index contributed by atoms with van der Waals surface area (Å²) in [5.74, 6) is 1.27. The van der Waals surface area contributed by atoms with Crippen molar-refractivity contribution in [1.82, 2.24) is 19.7 Å². The minimum absolute atomic E-state index is 0.154. The molecule has 0 aliphatic heterocycles. The topological polar surface area (TPSA) is 72.7 Å². The van der Waals surface area contributed by atoms with Crippen molar-refractivity contribution >= 4 is 39.4 Å². The van der Waals surface area contributed by atoms with Gasteiger partial charge in [-0.1, -0.05) is 70.2 Å². The summed E-state index contributed by atoms with van der Waals surface area (Å²) in [6.07, 6.45) is 1.64. The minimum Gasteiger partial charge on any atom is -0.310 e. The third-order valence-corrected chi connectivity index (χ3v) is 5.65. The zero-order valence-corrected chi connectivity index (χ0v) is 17.6. The maximum absolute atomic E-state index is 12.3. The number of carbonyl (C=O) groups excluding carboxylic acids is 1. The van der Waals surface area contributed by atoms with Gasteiger partial charge >= 0.3 is 0 Å². The van der Waals surface area contributed by atoms with Crippen molar-refractivity contribution < 1.29 is 4.79 Å². The van der Waals surface area contributed by atoms with E-state index in [4.69, 9.17) is 0 Å². The third kappa shape index (κ3) is 4.55. The molecule has 0 unspecified atom stereocenters. The van der Waals surface area contributed by atoms with Crippen LogP contribution in [-0.2, 0) is 4.79 Å². The number of carbonyl (C=O) groups is 1. The first-order chi connectivity index (χ1) is 14.2. The molecule has 2 aromatic carbocycles. The number of hydrogen-bond donors (Lipinski definition) is 1. The lowest BCUT2D eigenvalue weighted by Gasteiger charge is -2.11. The SMILES string of the molecule is O=C(CSc1nnc(-c2ccccc2Br)n1-c1ccccc1)Nc1ccccn1. The predicted molar refractivity (Wildman–Crippen MR) is 118 cm³/mol. The Hall–Kier alpha value is -2.97. The van der Waals surface area contributed by atoms with Crippen LogP contribution in [0.15, 0.2) is 88.6 Å². The predicted octanol–water partition coefficient (Wildman–Crippen LogP) is 4.82. The van der Waals surface area contributed by atoms with E-state index in [9.17, 15) is 4.79 Å². The first kappa shape index (κ1) is 19.4. The molecule has 2 heterocycles. The van der Waals surface area contributed by atoms with Crippen molar-refractivity contribution in [3.05, 3.63) is 83.5 Å². The minimum atomic E-state index is -0.154. The lowest BCUT2D eigenvalue weighted by atomic mass is 10.2. The molecule has 4 rings (SSSR count). The molecular formula is C21H16BrN5OS. The number of anilines is 1. The molecule has 1 N–H and O–H groups in total. The van der Waals surface area contributed by atoms with Gasteiger partial charge in [-0.05, 0) is 30.3 Å². The number of nitrogens with one attached hydrogen (secondary N) is 1. The average molecular weight is 466 g/mol. The summed E-state index contributed by atoms with van der Waals surface area (Å²) in [7, 11) is 0. The number of thioether (sulfide) groups is 1. The van der Waals surface area contributed by atoms with Crippen molar-refractivity contribution in [2.45, 2.75) is 5.16 Å². The largest absolute Gasteiger partial charge is 0.310 e. The molecule has 0 saturated heterocycles. The van der Waals surface area contributed by atoms with E-state index in [0.29, 0.717) is 16.8 Å². The van der Waals surface area contributed by atoms with Gasteiger partial charge in [0.1, 0.15) is 5.82 Å².